The number of nitrogens with zero attached hydrogens (tertiary/aromatic N) is 4. The van der Waals surface area contributed by atoms with Gasteiger partial charge in [-0.3, -0.25) is 4.98 Å². The van der Waals surface area contributed by atoms with Gasteiger partial charge in [-0.05, 0) is 17.1 Å². The number of carbonyl (C=O) groups is 1. The molecule has 0 saturated heterocycles. The second-order valence-electron chi connectivity index (χ2n) is 3.43. The summed E-state index contributed by atoms with van der Waals surface area (Å²) >= 11 is 0. The first-order chi connectivity index (χ1) is 8.58. The average Bonchev–Trinajstić information content (AvgIpc) is 2.78. The summed E-state index contributed by atoms with van der Waals surface area (Å²) in [5, 5.41) is 23.1. The zero-order valence-corrected chi connectivity index (χ0v) is 9.05. The molecule has 0 saturated carbocycles. The molecule has 0 radical (unpaired) electrons. The largest absolute Gasteiger partial charge is 0.478 e. The Kier molecular flexibility index (Phi) is 3.00. The zero-order valence-electron chi connectivity index (χ0n) is 9.05. The first kappa shape index (κ1) is 11.7. The first-order valence-corrected chi connectivity index (χ1v) is 4.93. The minimum Gasteiger partial charge on any atom is -0.478 e. The molecular weight excluding hydrogens is 240 g/mol. The molecule has 0 aliphatic rings. The van der Waals surface area contributed by atoms with Crippen molar-refractivity contribution in [2.24, 2.45) is 0 Å². The predicted molar refractivity (Wildman–Crippen MR) is 59.2 cm³/mol. The summed E-state index contributed by atoms with van der Waals surface area (Å²) in [5.74, 6) is -1.39. The minimum absolute atomic E-state index is 0.0515. The molecule has 92 valence electrons. The highest BCUT2D eigenvalue weighted by molar-refractivity contribution is 5.88. The van der Waals surface area contributed by atoms with Crippen LogP contribution in [0.2, 0.25) is 0 Å². The SMILES string of the molecule is O=C(O)c1cccnc1Cn1ccc([N+](=O)[O-])n1. The van der Waals surface area contributed by atoms with E-state index in [1.165, 1.54) is 35.3 Å². The van der Waals surface area contributed by atoms with Gasteiger partial charge in [-0.1, -0.05) is 0 Å². The van der Waals surface area contributed by atoms with Gasteiger partial charge in [0, 0.05) is 6.20 Å². The maximum atomic E-state index is 10.9. The van der Waals surface area contributed by atoms with E-state index in [0.29, 0.717) is 5.69 Å². The van der Waals surface area contributed by atoms with E-state index in [-0.39, 0.29) is 17.9 Å². The highest BCUT2D eigenvalue weighted by Crippen LogP contribution is 2.10. The Hall–Kier alpha value is -2.77. The van der Waals surface area contributed by atoms with Gasteiger partial charge in [0.15, 0.2) is 0 Å². The molecule has 1 N–H and O–H groups in total. The third kappa shape index (κ3) is 2.32. The normalized spacial score (nSPS) is 10.2. The van der Waals surface area contributed by atoms with E-state index in [1.54, 1.807) is 0 Å². The van der Waals surface area contributed by atoms with Crippen LogP contribution in [0.5, 0.6) is 0 Å². The Labute approximate surface area is 101 Å². The van der Waals surface area contributed by atoms with Crippen LogP contribution in [0, 0.1) is 10.1 Å². The molecule has 0 spiro atoms. The van der Waals surface area contributed by atoms with Crippen LogP contribution >= 0.6 is 0 Å². The number of rotatable bonds is 4. The van der Waals surface area contributed by atoms with Gasteiger partial charge in [-0.25, -0.2) is 4.79 Å². The summed E-state index contributed by atoms with van der Waals surface area (Å²) in [6.07, 6.45) is 2.86. The van der Waals surface area contributed by atoms with E-state index < -0.39 is 10.9 Å². The van der Waals surface area contributed by atoms with Crippen molar-refractivity contribution in [2.45, 2.75) is 6.54 Å². The molecule has 0 fully saturated rings. The lowest BCUT2D eigenvalue weighted by atomic mass is 10.2. The molecule has 2 heterocycles. The summed E-state index contributed by atoms with van der Waals surface area (Å²) in [7, 11) is 0. The molecule has 8 heteroatoms. The fourth-order valence-electron chi connectivity index (χ4n) is 1.45. The quantitative estimate of drug-likeness (QED) is 0.636. The molecule has 0 unspecified atom stereocenters. The molecule has 18 heavy (non-hydrogen) atoms. The summed E-state index contributed by atoms with van der Waals surface area (Å²) in [6, 6.07) is 4.17. The number of pyridine rings is 1. The van der Waals surface area contributed by atoms with Crippen molar-refractivity contribution in [3.63, 3.8) is 0 Å². The van der Waals surface area contributed by atoms with Crippen LogP contribution in [-0.2, 0) is 6.54 Å². The molecule has 8 nitrogen and oxygen atoms in total. The van der Waals surface area contributed by atoms with Crippen molar-refractivity contribution in [1.82, 2.24) is 14.8 Å². The van der Waals surface area contributed by atoms with Gasteiger partial charge >= 0.3 is 11.8 Å². The Morgan fingerprint density at radius 3 is 2.89 bits per heavy atom. The summed E-state index contributed by atoms with van der Waals surface area (Å²) in [5.41, 5.74) is 0.346. The van der Waals surface area contributed by atoms with Crippen molar-refractivity contribution in [3.8, 4) is 0 Å². The molecule has 0 aliphatic carbocycles. The van der Waals surface area contributed by atoms with Crippen LogP contribution in [0.25, 0.3) is 0 Å². The van der Waals surface area contributed by atoms with Gasteiger partial charge in [-0.15, -0.1) is 0 Å². The molecular formula is C10H8N4O4. The van der Waals surface area contributed by atoms with Gasteiger partial charge in [0.1, 0.15) is 6.54 Å². The monoisotopic (exact) mass is 248 g/mol. The van der Waals surface area contributed by atoms with E-state index >= 15 is 0 Å². The smallest absolute Gasteiger partial charge is 0.389 e. The Morgan fingerprint density at radius 1 is 1.50 bits per heavy atom. The second-order valence-corrected chi connectivity index (χ2v) is 3.43. The minimum atomic E-state index is -1.10. The van der Waals surface area contributed by atoms with E-state index in [9.17, 15) is 14.9 Å². The van der Waals surface area contributed by atoms with Gasteiger partial charge in [0.25, 0.3) is 0 Å². The fourth-order valence-corrected chi connectivity index (χ4v) is 1.45. The lowest BCUT2D eigenvalue weighted by Crippen LogP contribution is -2.09. The molecule has 0 amide bonds. The predicted octanol–water partition coefficient (Wildman–Crippen LogP) is 0.933. The number of carboxylic acid groups (broad SMARTS) is 1. The molecule has 0 bridgehead atoms. The Balaban J connectivity index is 2.28. The van der Waals surface area contributed by atoms with Crippen molar-refractivity contribution >= 4 is 11.8 Å². The molecule has 0 aliphatic heterocycles. The maximum absolute atomic E-state index is 10.9. The zero-order chi connectivity index (χ0) is 13.1. The van der Waals surface area contributed by atoms with Crippen LogP contribution in [0.15, 0.2) is 30.6 Å². The van der Waals surface area contributed by atoms with Crippen LogP contribution in [0.3, 0.4) is 0 Å². The topological polar surface area (TPSA) is 111 Å². The first-order valence-electron chi connectivity index (χ1n) is 4.93. The van der Waals surface area contributed by atoms with Crippen molar-refractivity contribution in [3.05, 3.63) is 52.0 Å². The van der Waals surface area contributed by atoms with E-state index in [0.717, 1.165) is 0 Å². The number of aromatic carboxylic acids is 1. The lowest BCUT2D eigenvalue weighted by molar-refractivity contribution is -0.389. The molecule has 2 rings (SSSR count). The van der Waals surface area contributed by atoms with Crippen LogP contribution in [0.1, 0.15) is 16.1 Å². The summed E-state index contributed by atoms with van der Waals surface area (Å²) < 4.78 is 1.27. The summed E-state index contributed by atoms with van der Waals surface area (Å²) in [6.45, 7) is 0.0658. The van der Waals surface area contributed by atoms with Crippen LogP contribution in [0.4, 0.5) is 5.82 Å². The highest BCUT2D eigenvalue weighted by atomic mass is 16.6. The number of hydrogen-bond acceptors (Lipinski definition) is 5. The van der Waals surface area contributed by atoms with E-state index in [1.807, 2.05) is 0 Å². The molecule has 0 aromatic carbocycles. The fraction of sp³-hybridized carbons (Fsp3) is 0.100. The van der Waals surface area contributed by atoms with Crippen molar-refractivity contribution in [1.29, 1.82) is 0 Å². The van der Waals surface area contributed by atoms with Gasteiger partial charge < -0.3 is 15.2 Å². The number of hydrogen-bond donors (Lipinski definition) is 1. The number of nitro groups is 1. The highest BCUT2D eigenvalue weighted by Gasteiger charge is 2.15. The third-order valence-corrected chi connectivity index (χ3v) is 2.25. The van der Waals surface area contributed by atoms with Crippen LogP contribution in [-0.4, -0.2) is 30.8 Å². The molecule has 2 aromatic rings. The average molecular weight is 248 g/mol. The molecule has 2 aromatic heterocycles. The van der Waals surface area contributed by atoms with E-state index in [4.69, 9.17) is 5.11 Å². The number of aromatic nitrogens is 3. The van der Waals surface area contributed by atoms with Gasteiger partial charge in [0.05, 0.1) is 28.6 Å². The Bertz CT molecular complexity index is 607. The second kappa shape index (κ2) is 4.62. The van der Waals surface area contributed by atoms with Gasteiger partial charge in [-0.2, -0.15) is 4.68 Å². The standard InChI is InChI=1S/C10H8N4O4/c15-10(16)7-2-1-4-11-8(7)6-13-5-3-9(12-13)14(17)18/h1-5H,6H2,(H,15,16). The van der Waals surface area contributed by atoms with Gasteiger partial charge in [0.2, 0.25) is 0 Å². The van der Waals surface area contributed by atoms with Crippen molar-refractivity contribution in [2.75, 3.05) is 0 Å². The lowest BCUT2D eigenvalue weighted by Gasteiger charge is -2.02. The Morgan fingerprint density at radius 2 is 2.28 bits per heavy atom. The van der Waals surface area contributed by atoms with Crippen LogP contribution < -0.4 is 0 Å². The van der Waals surface area contributed by atoms with E-state index in [2.05, 4.69) is 10.1 Å². The maximum Gasteiger partial charge on any atom is 0.389 e. The third-order valence-electron chi connectivity index (χ3n) is 2.25. The van der Waals surface area contributed by atoms with Crippen molar-refractivity contribution < 1.29 is 14.8 Å². The summed E-state index contributed by atoms with van der Waals surface area (Å²) in [4.78, 5) is 24.7. The number of carboxylic acids is 1. The molecule has 0 atom stereocenters.